The summed E-state index contributed by atoms with van der Waals surface area (Å²) in [5.74, 6) is 0.536. The third-order valence-corrected chi connectivity index (χ3v) is 3.42. The van der Waals surface area contributed by atoms with E-state index in [1.165, 1.54) is 22.3 Å². The van der Waals surface area contributed by atoms with E-state index in [0.29, 0.717) is 5.92 Å². The largest absolute Gasteiger partial charge is 3.00 e. The molecule has 0 saturated heterocycles. The molecule has 0 heterocycles. The molecule has 1 aliphatic carbocycles. The molecule has 23 heavy (non-hydrogen) atoms. The molecule has 1 aliphatic rings. The van der Waals surface area contributed by atoms with Gasteiger partial charge >= 0.3 is 21.7 Å². The van der Waals surface area contributed by atoms with Gasteiger partial charge in [0.25, 0.3) is 0 Å². The molecule has 1 nitrogen and oxygen atoms in total. The molecule has 4 heteroatoms. The van der Waals surface area contributed by atoms with Crippen LogP contribution in [0.5, 0.6) is 0 Å². The molecule has 127 valence electrons. The Balaban J connectivity index is -0.000000392. The summed E-state index contributed by atoms with van der Waals surface area (Å²) >= 11 is 0. The second kappa shape index (κ2) is 12.3. The fraction of sp³-hybridized carbons (Fsp3) is 0.474. The molecule has 2 rings (SSSR count). The zero-order valence-corrected chi connectivity index (χ0v) is 17.9. The topological polar surface area (TPSA) is 20.2 Å². The standard InChI is InChI=1S/C14H15.C5H12O.2ClH.Ti/c1-10-9-11(2)14(12(10)3)13-7-5-4-6-8-13;1-5(2,3)4-6;;;/h4-7,9,11H,1-3H3;6H,4H2,1-3H3;2*1H;/q-1;;;;+3/p-2. The third kappa shape index (κ3) is 9.12. The van der Waals surface area contributed by atoms with Crippen LogP contribution in [0, 0.1) is 17.4 Å². The van der Waals surface area contributed by atoms with Crippen LogP contribution >= 0.6 is 0 Å². The van der Waals surface area contributed by atoms with Gasteiger partial charge in [-0.3, -0.25) is 0 Å². The van der Waals surface area contributed by atoms with E-state index in [-0.39, 0.29) is 58.6 Å². The molecule has 0 aliphatic heterocycles. The second-order valence-corrected chi connectivity index (χ2v) is 6.67. The van der Waals surface area contributed by atoms with E-state index < -0.39 is 0 Å². The Morgan fingerprint density at radius 2 is 1.65 bits per heavy atom. The van der Waals surface area contributed by atoms with Crippen LogP contribution in [-0.4, -0.2) is 11.7 Å². The molecule has 1 unspecified atom stereocenters. The summed E-state index contributed by atoms with van der Waals surface area (Å²) in [5, 5.41) is 8.40. The number of benzene rings is 1. The third-order valence-electron chi connectivity index (χ3n) is 3.42. The van der Waals surface area contributed by atoms with Crippen molar-refractivity contribution in [2.45, 2.75) is 41.5 Å². The van der Waals surface area contributed by atoms with Gasteiger partial charge in [-0.05, 0) is 25.2 Å². The molecule has 1 N–H and O–H groups in total. The maximum absolute atomic E-state index is 8.40. The summed E-state index contributed by atoms with van der Waals surface area (Å²) < 4.78 is 0. The molecule has 1 atom stereocenters. The van der Waals surface area contributed by atoms with Gasteiger partial charge in [-0.1, -0.05) is 44.9 Å². The van der Waals surface area contributed by atoms with Gasteiger partial charge in [-0.15, -0.1) is 41.5 Å². The molecule has 0 bridgehead atoms. The van der Waals surface area contributed by atoms with Crippen molar-refractivity contribution in [3.8, 4) is 0 Å². The fourth-order valence-corrected chi connectivity index (χ4v) is 2.15. The predicted molar refractivity (Wildman–Crippen MR) is 87.3 cm³/mol. The van der Waals surface area contributed by atoms with Crippen molar-refractivity contribution in [1.82, 2.24) is 0 Å². The first-order valence-corrected chi connectivity index (χ1v) is 7.24. The van der Waals surface area contributed by atoms with Crippen LogP contribution in [0.1, 0.15) is 47.1 Å². The fourth-order valence-electron chi connectivity index (χ4n) is 2.15. The van der Waals surface area contributed by atoms with Crippen LogP contribution in [0.4, 0.5) is 0 Å². The molecule has 1 aromatic rings. The van der Waals surface area contributed by atoms with E-state index in [1.807, 2.05) is 32.9 Å². The maximum Gasteiger partial charge on any atom is 3.00 e. The SMILES string of the molecule is CC(C)(C)CO.CC1=CC(C)C(c2[c-]cccc2)=C1C.[Cl-].[Cl-].[Ti+3]. The van der Waals surface area contributed by atoms with E-state index in [2.05, 4.69) is 45.0 Å². The Hall–Kier alpha value is -0.0457. The quantitative estimate of drug-likeness (QED) is 0.477. The van der Waals surface area contributed by atoms with E-state index in [0.717, 1.165) is 0 Å². The van der Waals surface area contributed by atoms with Crippen LogP contribution < -0.4 is 24.8 Å². The van der Waals surface area contributed by atoms with Gasteiger partial charge in [-0.25, -0.2) is 0 Å². The van der Waals surface area contributed by atoms with Crippen LogP contribution in [0.3, 0.4) is 0 Å². The maximum atomic E-state index is 8.40. The van der Waals surface area contributed by atoms with Crippen LogP contribution in [0.2, 0.25) is 0 Å². The van der Waals surface area contributed by atoms with Crippen molar-refractivity contribution in [1.29, 1.82) is 0 Å². The van der Waals surface area contributed by atoms with Crippen LogP contribution in [0.15, 0.2) is 41.5 Å². The summed E-state index contributed by atoms with van der Waals surface area (Å²) in [6.45, 7) is 12.9. The van der Waals surface area contributed by atoms with Crippen molar-refractivity contribution in [2.75, 3.05) is 6.61 Å². The van der Waals surface area contributed by atoms with Gasteiger partial charge in [0.2, 0.25) is 0 Å². The van der Waals surface area contributed by atoms with Gasteiger partial charge in [0, 0.05) is 6.61 Å². The van der Waals surface area contributed by atoms with Gasteiger partial charge in [-0.2, -0.15) is 0 Å². The number of hydrogen-bond acceptors (Lipinski definition) is 1. The number of halogens is 2. The molecule has 1 aromatic carbocycles. The average molecular weight is 390 g/mol. The van der Waals surface area contributed by atoms with Crippen LogP contribution in [0.25, 0.3) is 5.57 Å². The average Bonchev–Trinajstić information content (AvgIpc) is 2.64. The number of hydrogen-bond donors (Lipinski definition) is 1. The minimum absolute atomic E-state index is 0. The zero-order valence-electron chi connectivity index (χ0n) is 14.9. The molecule has 0 fully saturated rings. The van der Waals surface area contributed by atoms with Crippen molar-refractivity contribution in [3.63, 3.8) is 0 Å². The normalized spacial score (nSPS) is 16.1. The first-order valence-electron chi connectivity index (χ1n) is 7.24. The molecular formula is C19H27Cl2OTi. The Bertz CT molecular complexity index is 502. The minimum atomic E-state index is 0. The first-order chi connectivity index (χ1) is 9.26. The molecule has 0 spiro atoms. The first kappa shape index (κ1) is 27.8. The summed E-state index contributed by atoms with van der Waals surface area (Å²) in [4.78, 5) is 0. The van der Waals surface area contributed by atoms with E-state index in [1.54, 1.807) is 0 Å². The smallest absolute Gasteiger partial charge is 1.00 e. The summed E-state index contributed by atoms with van der Waals surface area (Å²) in [6.07, 6.45) is 2.32. The molecule has 1 radical (unpaired) electrons. The predicted octanol–water partition coefficient (Wildman–Crippen LogP) is -1.11. The summed E-state index contributed by atoms with van der Waals surface area (Å²) in [5.41, 5.74) is 5.60. The van der Waals surface area contributed by atoms with Crippen molar-refractivity contribution < 1.29 is 51.6 Å². The van der Waals surface area contributed by atoms with Crippen molar-refractivity contribution in [2.24, 2.45) is 11.3 Å². The van der Waals surface area contributed by atoms with Crippen LogP contribution in [-0.2, 0) is 21.7 Å². The Morgan fingerprint density at radius 1 is 1.13 bits per heavy atom. The Morgan fingerprint density at radius 3 is 1.96 bits per heavy atom. The number of allylic oxidation sites excluding steroid dienone is 4. The Kier molecular flexibility index (Phi) is 14.9. The number of rotatable bonds is 1. The molecule has 0 aromatic heterocycles. The number of aliphatic hydroxyl groups excluding tert-OH is 1. The monoisotopic (exact) mass is 389 g/mol. The molecular weight excluding hydrogens is 363 g/mol. The van der Waals surface area contributed by atoms with E-state index in [9.17, 15) is 0 Å². The summed E-state index contributed by atoms with van der Waals surface area (Å²) in [7, 11) is 0. The van der Waals surface area contributed by atoms with Gasteiger partial charge < -0.3 is 29.9 Å². The van der Waals surface area contributed by atoms with Gasteiger partial charge in [0.05, 0.1) is 0 Å². The van der Waals surface area contributed by atoms with Crippen molar-refractivity contribution >= 4 is 5.57 Å². The minimum Gasteiger partial charge on any atom is -1.00 e. The molecule has 0 saturated carbocycles. The van der Waals surface area contributed by atoms with Gasteiger partial charge in [0.1, 0.15) is 0 Å². The van der Waals surface area contributed by atoms with E-state index >= 15 is 0 Å². The van der Waals surface area contributed by atoms with Gasteiger partial charge in [0.15, 0.2) is 0 Å². The molecule has 0 amide bonds. The van der Waals surface area contributed by atoms with Crippen molar-refractivity contribution in [3.05, 3.63) is 53.1 Å². The Labute approximate surface area is 169 Å². The second-order valence-electron chi connectivity index (χ2n) is 6.67. The summed E-state index contributed by atoms with van der Waals surface area (Å²) in [6, 6.07) is 11.5. The zero-order chi connectivity index (χ0) is 15.3. The number of aliphatic hydroxyl groups is 1. The van der Waals surface area contributed by atoms with E-state index in [4.69, 9.17) is 5.11 Å².